The Morgan fingerprint density at radius 1 is 1.41 bits per heavy atom. The van der Waals surface area contributed by atoms with Gasteiger partial charge in [0.15, 0.2) is 0 Å². The van der Waals surface area contributed by atoms with Crippen LogP contribution in [0.4, 0.5) is 0 Å². The largest absolute Gasteiger partial charge is 0.479 e. The maximum absolute atomic E-state index is 12.4. The van der Waals surface area contributed by atoms with E-state index < -0.39 is 15.6 Å². The number of nitrogens with zero attached hydrogens (tertiary/aromatic N) is 3. The molecule has 2 aliphatic rings. The van der Waals surface area contributed by atoms with Crippen molar-refractivity contribution in [2.75, 3.05) is 19.9 Å². The molecule has 140 valence electrons. The van der Waals surface area contributed by atoms with Crippen LogP contribution in [0.15, 0.2) is 29.4 Å². The van der Waals surface area contributed by atoms with Gasteiger partial charge in [-0.05, 0) is 23.8 Å². The number of fused-ring (bicyclic) bond motifs is 3. The van der Waals surface area contributed by atoms with Gasteiger partial charge in [0.1, 0.15) is 16.8 Å². The van der Waals surface area contributed by atoms with E-state index in [-0.39, 0.29) is 11.7 Å². The van der Waals surface area contributed by atoms with Crippen LogP contribution in [-0.2, 0) is 22.0 Å². The second-order valence-corrected chi connectivity index (χ2v) is 9.89. The van der Waals surface area contributed by atoms with Crippen LogP contribution >= 0.6 is 11.3 Å². The molecule has 0 aromatic carbocycles. The summed E-state index contributed by atoms with van der Waals surface area (Å²) in [5.74, 6) is 0.540. The van der Waals surface area contributed by atoms with Gasteiger partial charge in [0.05, 0.1) is 17.7 Å². The van der Waals surface area contributed by atoms with E-state index in [1.807, 2.05) is 12.1 Å². The number of nitrogens with two attached hydrogens (primary N) is 1. The number of methoxy groups -OCH3 is 1. The first-order chi connectivity index (χ1) is 12.8. The number of hydrogen-bond donors (Lipinski definition) is 2. The Morgan fingerprint density at radius 3 is 2.96 bits per heavy atom. The molecule has 0 radical (unpaired) electrons. The van der Waals surface area contributed by atoms with Crippen molar-refractivity contribution in [3.8, 4) is 16.5 Å². The Hall–Kier alpha value is -2.59. The van der Waals surface area contributed by atoms with Crippen molar-refractivity contribution in [3.05, 3.63) is 34.8 Å². The van der Waals surface area contributed by atoms with Crippen molar-refractivity contribution in [3.63, 3.8) is 0 Å². The summed E-state index contributed by atoms with van der Waals surface area (Å²) in [6, 6.07) is 6.05. The molecule has 3 aromatic rings. The number of rotatable bonds is 2. The second-order valence-electron chi connectivity index (χ2n) is 6.83. The number of sulfonamides is 1. The van der Waals surface area contributed by atoms with E-state index in [0.29, 0.717) is 12.3 Å². The zero-order chi connectivity index (χ0) is 19.0. The molecule has 1 atom stereocenters. The lowest BCUT2D eigenvalue weighted by Gasteiger charge is -2.42. The molecule has 0 fully saturated rings. The number of aromatic amines is 1. The predicted molar refractivity (Wildman–Crippen MR) is 105 cm³/mol. The first-order valence-electron chi connectivity index (χ1n) is 8.30. The Labute approximate surface area is 159 Å². The van der Waals surface area contributed by atoms with Gasteiger partial charge in [-0.1, -0.05) is 0 Å². The topological polar surface area (TPSA) is 114 Å². The van der Waals surface area contributed by atoms with Crippen molar-refractivity contribution in [1.29, 1.82) is 0 Å². The first kappa shape index (κ1) is 16.6. The Balaban J connectivity index is 1.59. The minimum absolute atomic E-state index is 0.0447. The molecule has 1 aliphatic carbocycles. The average Bonchev–Trinajstić information content (AvgIpc) is 3.20. The molecular weight excluding hydrogens is 386 g/mol. The maximum atomic E-state index is 12.4. The third-order valence-electron chi connectivity index (χ3n) is 5.17. The van der Waals surface area contributed by atoms with Crippen LogP contribution in [0.3, 0.4) is 0 Å². The predicted octanol–water partition coefficient (Wildman–Crippen LogP) is 1.64. The number of ether oxygens (including phenoxy) is 1. The standard InChI is InChI=1S/C17H17N5O3S2/c1-22-16(18)21-17(8-27(22,23)24)7-10-6-12(26-14(10)17)11-5-9-3-4-19-15(25-2)13(9)20-11/h3-6,20H,7-8H2,1-2H3,(H2,18,21)/t17-/m0/s1. The minimum Gasteiger partial charge on any atom is -0.479 e. The summed E-state index contributed by atoms with van der Waals surface area (Å²) < 4.78 is 31.2. The van der Waals surface area contributed by atoms with Crippen molar-refractivity contribution in [1.82, 2.24) is 14.3 Å². The summed E-state index contributed by atoms with van der Waals surface area (Å²) in [6.07, 6.45) is 2.29. The van der Waals surface area contributed by atoms with Crippen molar-refractivity contribution in [2.24, 2.45) is 10.7 Å². The lowest BCUT2D eigenvalue weighted by Crippen LogP contribution is -2.54. The van der Waals surface area contributed by atoms with Crippen LogP contribution in [0.2, 0.25) is 0 Å². The lowest BCUT2D eigenvalue weighted by atomic mass is 9.79. The molecule has 0 bridgehead atoms. The van der Waals surface area contributed by atoms with Gasteiger partial charge in [-0.2, -0.15) is 0 Å². The van der Waals surface area contributed by atoms with Crippen molar-refractivity contribution >= 4 is 38.2 Å². The third kappa shape index (κ3) is 2.23. The van der Waals surface area contributed by atoms with Crippen LogP contribution in [0.5, 0.6) is 5.88 Å². The summed E-state index contributed by atoms with van der Waals surface area (Å²) in [5.41, 5.74) is 8.02. The highest BCUT2D eigenvalue weighted by molar-refractivity contribution is 7.89. The van der Waals surface area contributed by atoms with E-state index in [0.717, 1.165) is 36.2 Å². The van der Waals surface area contributed by atoms with E-state index in [9.17, 15) is 8.42 Å². The van der Waals surface area contributed by atoms with Gasteiger partial charge < -0.3 is 15.5 Å². The number of guanidine groups is 1. The summed E-state index contributed by atoms with van der Waals surface area (Å²) in [4.78, 5) is 14.1. The monoisotopic (exact) mass is 403 g/mol. The van der Waals surface area contributed by atoms with E-state index in [1.54, 1.807) is 24.6 Å². The van der Waals surface area contributed by atoms with Gasteiger partial charge >= 0.3 is 0 Å². The Kier molecular flexibility index (Phi) is 3.21. The smallest absolute Gasteiger partial charge is 0.239 e. The second kappa shape index (κ2) is 5.23. The van der Waals surface area contributed by atoms with E-state index >= 15 is 0 Å². The third-order valence-corrected chi connectivity index (χ3v) is 8.44. The molecule has 8 nitrogen and oxygen atoms in total. The molecule has 1 spiro atoms. The summed E-state index contributed by atoms with van der Waals surface area (Å²) in [5, 5.41) is 1.01. The van der Waals surface area contributed by atoms with Gasteiger partial charge in [-0.25, -0.2) is 22.7 Å². The molecule has 3 aromatic heterocycles. The van der Waals surface area contributed by atoms with Gasteiger partial charge in [-0.15, -0.1) is 11.3 Å². The van der Waals surface area contributed by atoms with E-state index in [1.165, 1.54) is 7.05 Å². The van der Waals surface area contributed by atoms with Gasteiger partial charge in [0.25, 0.3) is 0 Å². The van der Waals surface area contributed by atoms with Crippen molar-refractivity contribution < 1.29 is 13.2 Å². The molecule has 0 saturated heterocycles. The number of nitrogens with one attached hydrogen (secondary N) is 1. The molecule has 27 heavy (non-hydrogen) atoms. The molecule has 4 heterocycles. The number of pyridine rings is 1. The van der Waals surface area contributed by atoms with Crippen molar-refractivity contribution in [2.45, 2.75) is 12.0 Å². The maximum Gasteiger partial charge on any atom is 0.239 e. The molecule has 1 aliphatic heterocycles. The van der Waals surface area contributed by atoms with Crippen LogP contribution in [0, 0.1) is 0 Å². The highest BCUT2D eigenvalue weighted by Crippen LogP contribution is 2.51. The molecule has 0 saturated carbocycles. The molecule has 0 unspecified atom stereocenters. The fourth-order valence-corrected chi connectivity index (χ4v) is 6.57. The number of H-pyrrole nitrogens is 1. The fourth-order valence-electron chi connectivity index (χ4n) is 3.76. The number of hydrogen-bond acceptors (Lipinski definition) is 7. The fraction of sp³-hybridized carbons (Fsp3) is 0.294. The molecule has 3 N–H and O–H groups in total. The summed E-state index contributed by atoms with van der Waals surface area (Å²) in [6.45, 7) is 0. The number of aliphatic imine (C=N–C) groups is 1. The summed E-state index contributed by atoms with van der Waals surface area (Å²) >= 11 is 1.55. The lowest BCUT2D eigenvalue weighted by molar-refractivity contribution is 0.402. The van der Waals surface area contributed by atoms with Crippen LogP contribution in [0.25, 0.3) is 21.5 Å². The summed E-state index contributed by atoms with van der Waals surface area (Å²) in [7, 11) is -0.430. The molecule has 10 heteroatoms. The molecular formula is C17H17N5O3S2. The van der Waals surface area contributed by atoms with E-state index in [2.05, 4.69) is 21.0 Å². The Bertz CT molecular complexity index is 1230. The zero-order valence-electron chi connectivity index (χ0n) is 14.7. The molecule has 5 rings (SSSR count). The highest BCUT2D eigenvalue weighted by atomic mass is 32.2. The minimum atomic E-state index is -3.46. The van der Waals surface area contributed by atoms with E-state index in [4.69, 9.17) is 10.5 Å². The van der Waals surface area contributed by atoms with Crippen LogP contribution < -0.4 is 10.5 Å². The van der Waals surface area contributed by atoms with Crippen LogP contribution in [-0.4, -0.2) is 48.6 Å². The highest BCUT2D eigenvalue weighted by Gasteiger charge is 2.52. The first-order valence-corrected chi connectivity index (χ1v) is 10.7. The quantitative estimate of drug-likeness (QED) is 0.675. The Morgan fingerprint density at radius 2 is 2.22 bits per heavy atom. The number of aromatic nitrogens is 2. The molecule has 0 amide bonds. The average molecular weight is 403 g/mol. The van der Waals surface area contributed by atoms with Gasteiger partial charge in [0.2, 0.25) is 21.9 Å². The normalized spacial score (nSPS) is 23.2. The van der Waals surface area contributed by atoms with Gasteiger partial charge in [0, 0.05) is 29.9 Å². The van der Waals surface area contributed by atoms with Crippen LogP contribution in [0.1, 0.15) is 10.4 Å². The zero-order valence-corrected chi connectivity index (χ0v) is 16.3. The SMILES string of the molecule is COc1nccc2cc(-c3cc4c(s3)[C@]3(C4)CS(=O)(=O)N(C)C(N)=N3)[nH]c12. The van der Waals surface area contributed by atoms with Gasteiger partial charge in [-0.3, -0.25) is 0 Å². The number of thiophene rings is 1.